The Morgan fingerprint density at radius 3 is 2.79 bits per heavy atom. The van der Waals surface area contributed by atoms with Crippen molar-refractivity contribution in [2.75, 3.05) is 27.3 Å². The summed E-state index contributed by atoms with van der Waals surface area (Å²) in [6.45, 7) is 2.85. The van der Waals surface area contributed by atoms with Crippen LogP contribution in [-0.2, 0) is 9.59 Å². The number of benzene rings is 1. The minimum atomic E-state index is -0.426. The third kappa shape index (κ3) is 3.82. The summed E-state index contributed by atoms with van der Waals surface area (Å²) in [6, 6.07) is 2.99. The summed E-state index contributed by atoms with van der Waals surface area (Å²) in [7, 11) is 3.03. The second-order valence-electron chi connectivity index (χ2n) is 5.32. The SMILES string of the molecule is CCC1C(=O)NCCN1C(=O)C=Cc1cc(Cl)c(OC)c(OC)c1. The van der Waals surface area contributed by atoms with Crippen molar-refractivity contribution >= 4 is 29.5 Å². The molecule has 0 spiro atoms. The first-order chi connectivity index (χ1) is 11.5. The van der Waals surface area contributed by atoms with Crippen molar-refractivity contribution in [2.24, 2.45) is 0 Å². The van der Waals surface area contributed by atoms with Gasteiger partial charge in [-0.3, -0.25) is 9.59 Å². The number of hydrogen-bond donors (Lipinski definition) is 1. The molecule has 0 radical (unpaired) electrons. The molecule has 1 unspecified atom stereocenters. The minimum absolute atomic E-state index is 0.111. The van der Waals surface area contributed by atoms with Gasteiger partial charge in [0.15, 0.2) is 11.5 Å². The Bertz CT molecular complexity index is 660. The summed E-state index contributed by atoms with van der Waals surface area (Å²) in [5.41, 5.74) is 0.709. The van der Waals surface area contributed by atoms with E-state index in [2.05, 4.69) is 5.32 Å². The molecule has 0 aliphatic carbocycles. The van der Waals surface area contributed by atoms with Crippen LogP contribution in [0.4, 0.5) is 0 Å². The molecule has 1 saturated heterocycles. The summed E-state index contributed by atoms with van der Waals surface area (Å²) < 4.78 is 10.4. The maximum atomic E-state index is 12.4. The number of hydrogen-bond acceptors (Lipinski definition) is 4. The summed E-state index contributed by atoms with van der Waals surface area (Å²) in [5, 5.41) is 3.17. The lowest BCUT2D eigenvalue weighted by Gasteiger charge is -2.33. The zero-order chi connectivity index (χ0) is 17.7. The van der Waals surface area contributed by atoms with Gasteiger partial charge in [-0.25, -0.2) is 0 Å². The highest BCUT2D eigenvalue weighted by Gasteiger charge is 2.30. The Kier molecular flexibility index (Phi) is 6.09. The monoisotopic (exact) mass is 352 g/mol. The van der Waals surface area contributed by atoms with Crippen LogP contribution in [0.2, 0.25) is 5.02 Å². The number of carbonyl (C=O) groups excluding carboxylic acids is 2. The van der Waals surface area contributed by atoms with E-state index >= 15 is 0 Å². The highest BCUT2D eigenvalue weighted by molar-refractivity contribution is 6.32. The van der Waals surface area contributed by atoms with Crippen LogP contribution in [0.25, 0.3) is 6.08 Å². The van der Waals surface area contributed by atoms with Crippen LogP contribution >= 0.6 is 11.6 Å². The molecule has 24 heavy (non-hydrogen) atoms. The summed E-state index contributed by atoms with van der Waals surface area (Å²) in [6.07, 6.45) is 3.67. The fourth-order valence-electron chi connectivity index (χ4n) is 2.68. The van der Waals surface area contributed by atoms with Crippen LogP contribution in [0.5, 0.6) is 11.5 Å². The van der Waals surface area contributed by atoms with Crippen LogP contribution in [0.3, 0.4) is 0 Å². The quantitative estimate of drug-likeness (QED) is 0.824. The number of nitrogens with zero attached hydrogens (tertiary/aromatic N) is 1. The highest BCUT2D eigenvalue weighted by Crippen LogP contribution is 2.36. The van der Waals surface area contributed by atoms with E-state index in [9.17, 15) is 9.59 Å². The lowest BCUT2D eigenvalue weighted by atomic mass is 10.1. The Labute approximate surface area is 146 Å². The van der Waals surface area contributed by atoms with E-state index in [-0.39, 0.29) is 11.8 Å². The number of amides is 2. The molecule has 1 aliphatic heterocycles. The van der Waals surface area contributed by atoms with E-state index in [1.807, 2.05) is 6.92 Å². The van der Waals surface area contributed by atoms with Gasteiger partial charge >= 0.3 is 0 Å². The van der Waals surface area contributed by atoms with Gasteiger partial charge in [0.05, 0.1) is 19.2 Å². The number of carbonyl (C=O) groups is 2. The van der Waals surface area contributed by atoms with Crippen molar-refractivity contribution in [3.8, 4) is 11.5 Å². The Balaban J connectivity index is 2.19. The number of piperazine rings is 1. The van der Waals surface area contributed by atoms with Gasteiger partial charge in [-0.15, -0.1) is 0 Å². The van der Waals surface area contributed by atoms with Gasteiger partial charge in [-0.05, 0) is 30.2 Å². The first-order valence-corrected chi connectivity index (χ1v) is 8.07. The molecular weight excluding hydrogens is 332 g/mol. The van der Waals surface area contributed by atoms with Crippen molar-refractivity contribution in [3.63, 3.8) is 0 Å². The normalized spacial score (nSPS) is 17.8. The molecule has 0 bridgehead atoms. The molecule has 0 aromatic heterocycles. The maximum absolute atomic E-state index is 12.4. The Morgan fingerprint density at radius 2 is 2.17 bits per heavy atom. The molecule has 1 fully saturated rings. The average molecular weight is 353 g/mol. The number of ether oxygens (including phenoxy) is 2. The van der Waals surface area contributed by atoms with Gasteiger partial charge in [0.2, 0.25) is 11.8 Å². The molecule has 2 rings (SSSR count). The largest absolute Gasteiger partial charge is 0.493 e. The fourth-order valence-corrected chi connectivity index (χ4v) is 2.98. The number of halogens is 1. The van der Waals surface area contributed by atoms with E-state index in [4.69, 9.17) is 21.1 Å². The van der Waals surface area contributed by atoms with Gasteiger partial charge in [0, 0.05) is 19.2 Å². The van der Waals surface area contributed by atoms with Gasteiger partial charge in [0.1, 0.15) is 6.04 Å². The van der Waals surface area contributed by atoms with E-state index in [1.54, 1.807) is 23.1 Å². The summed E-state index contributed by atoms with van der Waals surface area (Å²) >= 11 is 6.16. The molecule has 1 heterocycles. The predicted molar refractivity (Wildman–Crippen MR) is 92.4 cm³/mol. The number of rotatable bonds is 5. The zero-order valence-corrected chi connectivity index (χ0v) is 14.7. The first-order valence-electron chi connectivity index (χ1n) is 7.69. The minimum Gasteiger partial charge on any atom is -0.493 e. The molecule has 1 aromatic rings. The molecule has 1 N–H and O–H groups in total. The van der Waals surface area contributed by atoms with E-state index in [0.29, 0.717) is 41.6 Å². The first kappa shape index (κ1) is 18.1. The van der Waals surface area contributed by atoms with Crippen molar-refractivity contribution in [1.82, 2.24) is 10.2 Å². The maximum Gasteiger partial charge on any atom is 0.247 e. The lowest BCUT2D eigenvalue weighted by Crippen LogP contribution is -2.56. The summed E-state index contributed by atoms with van der Waals surface area (Å²) in [4.78, 5) is 25.8. The molecule has 0 saturated carbocycles. The van der Waals surface area contributed by atoms with E-state index < -0.39 is 6.04 Å². The smallest absolute Gasteiger partial charge is 0.247 e. The van der Waals surface area contributed by atoms with Crippen LogP contribution < -0.4 is 14.8 Å². The Hall–Kier alpha value is -2.21. The van der Waals surface area contributed by atoms with Gasteiger partial charge in [-0.1, -0.05) is 18.5 Å². The standard InChI is InChI=1S/C17H21ClN2O4/c1-4-13-17(22)19-7-8-20(13)15(21)6-5-11-9-12(18)16(24-3)14(10-11)23-2/h5-6,9-10,13H,4,7-8H2,1-3H3,(H,19,22). The number of methoxy groups -OCH3 is 2. The third-order valence-electron chi connectivity index (χ3n) is 3.87. The molecule has 1 aromatic carbocycles. The van der Waals surface area contributed by atoms with Crippen LogP contribution in [-0.4, -0.2) is 50.1 Å². The average Bonchev–Trinajstić information content (AvgIpc) is 2.58. The predicted octanol–water partition coefficient (Wildman–Crippen LogP) is 2.11. The molecule has 7 heteroatoms. The van der Waals surface area contributed by atoms with Crippen LogP contribution in [0.15, 0.2) is 18.2 Å². The molecule has 130 valence electrons. The number of nitrogens with one attached hydrogen (secondary N) is 1. The zero-order valence-electron chi connectivity index (χ0n) is 14.0. The van der Waals surface area contributed by atoms with E-state index in [0.717, 1.165) is 0 Å². The Morgan fingerprint density at radius 1 is 1.42 bits per heavy atom. The topological polar surface area (TPSA) is 67.9 Å². The summed E-state index contributed by atoms with van der Waals surface area (Å²) in [5.74, 6) is 0.615. The molecule has 6 nitrogen and oxygen atoms in total. The van der Waals surface area contributed by atoms with Crippen LogP contribution in [0, 0.1) is 0 Å². The van der Waals surface area contributed by atoms with Gasteiger partial charge in [-0.2, -0.15) is 0 Å². The van der Waals surface area contributed by atoms with Crippen molar-refractivity contribution in [1.29, 1.82) is 0 Å². The molecular formula is C17H21ClN2O4. The van der Waals surface area contributed by atoms with Crippen LogP contribution in [0.1, 0.15) is 18.9 Å². The molecule has 2 amide bonds. The fraction of sp³-hybridized carbons (Fsp3) is 0.412. The molecule has 1 atom stereocenters. The third-order valence-corrected chi connectivity index (χ3v) is 4.16. The second kappa shape index (κ2) is 8.06. The van der Waals surface area contributed by atoms with Gasteiger partial charge < -0.3 is 19.7 Å². The molecule has 1 aliphatic rings. The van der Waals surface area contributed by atoms with Crippen molar-refractivity contribution in [3.05, 3.63) is 28.8 Å². The van der Waals surface area contributed by atoms with Crippen molar-refractivity contribution in [2.45, 2.75) is 19.4 Å². The van der Waals surface area contributed by atoms with Crippen molar-refractivity contribution < 1.29 is 19.1 Å². The highest BCUT2D eigenvalue weighted by atomic mass is 35.5. The van der Waals surface area contributed by atoms with Gasteiger partial charge in [0.25, 0.3) is 0 Å². The lowest BCUT2D eigenvalue weighted by molar-refractivity contribution is -0.140. The second-order valence-corrected chi connectivity index (χ2v) is 5.73. The van der Waals surface area contributed by atoms with E-state index in [1.165, 1.54) is 20.3 Å².